The zero-order valence-electron chi connectivity index (χ0n) is 10.4. The van der Waals surface area contributed by atoms with E-state index in [2.05, 4.69) is 30.4 Å². The van der Waals surface area contributed by atoms with Crippen molar-refractivity contribution in [3.05, 3.63) is 0 Å². The van der Waals surface area contributed by atoms with Gasteiger partial charge in [-0.1, -0.05) is 20.8 Å². The molecule has 1 saturated heterocycles. The third-order valence-electron chi connectivity index (χ3n) is 3.04. The van der Waals surface area contributed by atoms with Crippen LogP contribution in [0.25, 0.3) is 0 Å². The minimum atomic E-state index is -0.742. The number of nitrogens with one attached hydrogen (secondary N) is 1. The van der Waals surface area contributed by atoms with E-state index in [1.807, 2.05) is 7.05 Å². The Labute approximate surface area is 96.2 Å². The van der Waals surface area contributed by atoms with E-state index in [4.69, 9.17) is 0 Å². The van der Waals surface area contributed by atoms with Crippen LogP contribution in [0.1, 0.15) is 33.6 Å². The van der Waals surface area contributed by atoms with Crippen LogP contribution in [0.4, 0.5) is 0 Å². The molecule has 0 saturated carbocycles. The van der Waals surface area contributed by atoms with Crippen molar-refractivity contribution in [2.75, 3.05) is 25.9 Å². The second-order valence-corrected chi connectivity index (χ2v) is 6.90. The lowest BCUT2D eigenvalue weighted by molar-refractivity contribution is 0.234. The summed E-state index contributed by atoms with van der Waals surface area (Å²) < 4.78 is 13.9. The van der Waals surface area contributed by atoms with Crippen molar-refractivity contribution in [1.82, 2.24) is 9.62 Å². The molecule has 0 aromatic carbocycles. The molecule has 0 radical (unpaired) electrons. The fourth-order valence-corrected chi connectivity index (χ4v) is 3.28. The molecule has 1 heterocycles. The van der Waals surface area contributed by atoms with Crippen LogP contribution in [0.2, 0.25) is 0 Å². The molecule has 0 aromatic rings. The average molecular weight is 232 g/mol. The van der Waals surface area contributed by atoms with Gasteiger partial charge >= 0.3 is 0 Å². The van der Waals surface area contributed by atoms with E-state index >= 15 is 0 Å². The lowest BCUT2D eigenvalue weighted by Gasteiger charge is -2.35. The maximum absolute atomic E-state index is 11.8. The molecule has 0 spiro atoms. The molecule has 0 amide bonds. The second-order valence-electron chi connectivity index (χ2n) is 5.33. The van der Waals surface area contributed by atoms with Crippen molar-refractivity contribution in [3.8, 4) is 0 Å². The Morgan fingerprint density at radius 3 is 2.53 bits per heavy atom. The van der Waals surface area contributed by atoms with Crippen molar-refractivity contribution in [1.29, 1.82) is 0 Å². The molecule has 15 heavy (non-hydrogen) atoms. The van der Waals surface area contributed by atoms with E-state index in [9.17, 15) is 4.21 Å². The van der Waals surface area contributed by atoms with Crippen LogP contribution in [-0.4, -0.2) is 40.4 Å². The molecule has 1 N–H and O–H groups in total. The van der Waals surface area contributed by atoms with Crippen LogP contribution in [0.5, 0.6) is 0 Å². The zero-order chi connectivity index (χ0) is 11.5. The monoisotopic (exact) mass is 232 g/mol. The molecule has 0 aromatic heterocycles. The average Bonchev–Trinajstić information content (AvgIpc) is 2.14. The fraction of sp³-hybridized carbons (Fsp3) is 1.00. The van der Waals surface area contributed by atoms with Crippen molar-refractivity contribution >= 4 is 11.0 Å². The van der Waals surface area contributed by atoms with Crippen LogP contribution in [-0.2, 0) is 11.0 Å². The van der Waals surface area contributed by atoms with E-state index in [0.717, 1.165) is 25.3 Å². The van der Waals surface area contributed by atoms with Gasteiger partial charge < -0.3 is 5.32 Å². The summed E-state index contributed by atoms with van der Waals surface area (Å²) in [5.41, 5.74) is 0.219. The largest absolute Gasteiger partial charge is 0.315 e. The molecule has 0 bridgehead atoms. The molecule has 3 nitrogen and oxygen atoms in total. The Bertz CT molecular complexity index is 225. The highest BCUT2D eigenvalue weighted by Gasteiger charge is 2.28. The van der Waals surface area contributed by atoms with E-state index in [-0.39, 0.29) is 5.41 Å². The van der Waals surface area contributed by atoms with Crippen LogP contribution in [0.15, 0.2) is 0 Å². The highest BCUT2D eigenvalue weighted by molar-refractivity contribution is 7.82. The van der Waals surface area contributed by atoms with Gasteiger partial charge in [-0.3, -0.25) is 0 Å². The van der Waals surface area contributed by atoms with E-state index in [0.29, 0.717) is 6.04 Å². The van der Waals surface area contributed by atoms with Gasteiger partial charge in [-0.2, -0.15) is 0 Å². The molecule has 90 valence electrons. The Morgan fingerprint density at radius 2 is 2.07 bits per heavy atom. The minimum absolute atomic E-state index is 0.219. The smallest absolute Gasteiger partial charge is 0.0943 e. The maximum Gasteiger partial charge on any atom is 0.0943 e. The number of rotatable bonds is 3. The van der Waals surface area contributed by atoms with Crippen molar-refractivity contribution in [2.45, 2.75) is 39.7 Å². The minimum Gasteiger partial charge on any atom is -0.315 e. The molecule has 2 unspecified atom stereocenters. The summed E-state index contributed by atoms with van der Waals surface area (Å²) in [5.74, 6) is 0.848. The van der Waals surface area contributed by atoms with Gasteiger partial charge in [0.1, 0.15) is 0 Å². The van der Waals surface area contributed by atoms with E-state index < -0.39 is 11.0 Å². The summed E-state index contributed by atoms with van der Waals surface area (Å²) in [6, 6.07) is 0.402. The van der Waals surface area contributed by atoms with Crippen molar-refractivity contribution < 1.29 is 4.21 Å². The number of likely N-dealkylation sites (N-methyl/N-ethyl adjacent to an activating group) is 1. The van der Waals surface area contributed by atoms with Gasteiger partial charge in [0.15, 0.2) is 0 Å². The lowest BCUT2D eigenvalue weighted by atomic mass is 9.87. The van der Waals surface area contributed by atoms with Gasteiger partial charge in [-0.05, 0) is 25.3 Å². The third kappa shape index (κ3) is 3.85. The Kier molecular flexibility index (Phi) is 4.74. The number of nitrogens with zero attached hydrogens (tertiary/aromatic N) is 1. The molecule has 1 aliphatic heterocycles. The van der Waals surface area contributed by atoms with Gasteiger partial charge in [-0.15, -0.1) is 0 Å². The first-order chi connectivity index (χ1) is 6.95. The Morgan fingerprint density at radius 1 is 1.40 bits per heavy atom. The SMILES string of the molecule is CNC(CN1CCCCS1=O)C(C)(C)C. The molecule has 1 fully saturated rings. The van der Waals surface area contributed by atoms with Crippen LogP contribution in [0.3, 0.4) is 0 Å². The summed E-state index contributed by atoms with van der Waals surface area (Å²) >= 11 is 0. The Hall–Kier alpha value is 0.0700. The molecule has 0 aliphatic carbocycles. The van der Waals surface area contributed by atoms with Gasteiger partial charge in [0, 0.05) is 24.9 Å². The quantitative estimate of drug-likeness (QED) is 0.797. The summed E-state index contributed by atoms with van der Waals surface area (Å²) in [5, 5.41) is 3.33. The van der Waals surface area contributed by atoms with Crippen LogP contribution >= 0.6 is 0 Å². The highest BCUT2D eigenvalue weighted by Crippen LogP contribution is 2.21. The normalized spacial score (nSPS) is 26.5. The topological polar surface area (TPSA) is 32.3 Å². The van der Waals surface area contributed by atoms with Crippen molar-refractivity contribution in [3.63, 3.8) is 0 Å². The van der Waals surface area contributed by atoms with E-state index in [1.54, 1.807) is 0 Å². The van der Waals surface area contributed by atoms with Crippen molar-refractivity contribution in [2.24, 2.45) is 5.41 Å². The van der Waals surface area contributed by atoms with E-state index in [1.165, 1.54) is 6.42 Å². The molecular formula is C11H24N2OS. The summed E-state index contributed by atoms with van der Waals surface area (Å²) in [4.78, 5) is 0. The van der Waals surface area contributed by atoms with Crippen LogP contribution < -0.4 is 5.32 Å². The first-order valence-electron chi connectivity index (χ1n) is 5.76. The Balaban J connectivity index is 2.54. The predicted octanol–water partition coefficient (Wildman–Crippen LogP) is 1.38. The summed E-state index contributed by atoms with van der Waals surface area (Å²) in [7, 11) is 1.25. The second kappa shape index (κ2) is 5.41. The summed E-state index contributed by atoms with van der Waals surface area (Å²) in [6.07, 6.45) is 2.30. The van der Waals surface area contributed by atoms with Gasteiger partial charge in [-0.25, -0.2) is 8.51 Å². The number of hydrogen-bond donors (Lipinski definition) is 1. The lowest BCUT2D eigenvalue weighted by Crippen LogP contribution is -2.49. The highest BCUT2D eigenvalue weighted by atomic mass is 32.2. The first kappa shape index (κ1) is 13.1. The van der Waals surface area contributed by atoms with Gasteiger partial charge in [0.05, 0.1) is 11.0 Å². The molecule has 4 heteroatoms. The molecule has 1 aliphatic rings. The van der Waals surface area contributed by atoms with Crippen LogP contribution in [0, 0.1) is 5.41 Å². The molecule has 2 atom stereocenters. The molecular weight excluding hydrogens is 208 g/mol. The number of hydrogen-bond acceptors (Lipinski definition) is 2. The predicted molar refractivity (Wildman–Crippen MR) is 66.1 cm³/mol. The summed E-state index contributed by atoms with van der Waals surface area (Å²) in [6.45, 7) is 8.55. The van der Waals surface area contributed by atoms with Gasteiger partial charge in [0.25, 0.3) is 0 Å². The third-order valence-corrected chi connectivity index (χ3v) is 4.59. The molecule has 1 rings (SSSR count). The first-order valence-corrected chi connectivity index (χ1v) is 7.03. The fourth-order valence-electron chi connectivity index (χ4n) is 1.92. The zero-order valence-corrected chi connectivity index (χ0v) is 11.2. The van der Waals surface area contributed by atoms with Gasteiger partial charge in [0.2, 0.25) is 0 Å². The maximum atomic E-state index is 11.8. The standard InChI is InChI=1S/C11H24N2OS/c1-11(2,3)10(12-4)9-13-7-5-6-8-15(13)14/h10,12H,5-9H2,1-4H3.